The van der Waals surface area contributed by atoms with Crippen LogP contribution in [0.15, 0.2) is 0 Å². The molecule has 57 valence electrons. The van der Waals surface area contributed by atoms with Crippen LogP contribution in [0.1, 0.15) is 12.8 Å². The maximum atomic E-state index is 4.43. The van der Waals surface area contributed by atoms with Crippen molar-refractivity contribution in [2.75, 3.05) is 26.2 Å². The van der Waals surface area contributed by atoms with Gasteiger partial charge in [0.15, 0.2) is 0 Å². The first kappa shape index (κ1) is 6.62. The highest BCUT2D eigenvalue weighted by molar-refractivity contribution is 4.84. The topological polar surface area (TPSA) is 26.1 Å². The van der Waals surface area contributed by atoms with Gasteiger partial charge in [0, 0.05) is 13.1 Å². The van der Waals surface area contributed by atoms with Crippen molar-refractivity contribution in [3.8, 4) is 0 Å². The van der Waals surface area contributed by atoms with Crippen molar-refractivity contribution in [1.29, 1.82) is 0 Å². The number of hydrogen-bond donors (Lipinski definition) is 1. The molecule has 0 aromatic rings. The van der Waals surface area contributed by atoms with E-state index >= 15 is 0 Å². The minimum atomic E-state index is 0.877. The summed E-state index contributed by atoms with van der Waals surface area (Å²) >= 11 is 0. The third-order valence-corrected chi connectivity index (χ3v) is 2.73. The molecule has 0 spiro atoms. The van der Waals surface area contributed by atoms with E-state index in [9.17, 15) is 0 Å². The number of nitrogens with zero attached hydrogens (tertiary/aromatic N) is 1. The highest BCUT2D eigenvalue weighted by atomic mass is 15.0. The first-order valence-electron chi connectivity index (χ1n) is 4.31. The molecule has 0 aliphatic carbocycles. The van der Waals surface area contributed by atoms with Gasteiger partial charge in [-0.2, -0.15) is 0 Å². The zero-order valence-corrected chi connectivity index (χ0v) is 6.34. The molecule has 2 saturated heterocycles. The first-order chi connectivity index (χ1) is 4.97. The lowest BCUT2D eigenvalue weighted by molar-refractivity contribution is 0.414. The first-order valence-corrected chi connectivity index (χ1v) is 4.31. The zero-order chi connectivity index (χ0) is 6.81. The quantitative estimate of drug-likeness (QED) is 0.510. The number of rotatable bonds is 0. The standard InChI is InChI=1S/C8H15N2/c1-2-7-4-10-6-8(7)5-9-3-1/h7-9H,1-6H2. The predicted octanol–water partition coefficient (Wildman–Crippen LogP) is 0.220. The molecule has 2 aliphatic heterocycles. The minimum Gasteiger partial charge on any atom is -0.316 e. The summed E-state index contributed by atoms with van der Waals surface area (Å²) in [5, 5.41) is 7.89. The molecule has 0 aromatic heterocycles. The van der Waals surface area contributed by atoms with Crippen LogP contribution in [0.2, 0.25) is 0 Å². The van der Waals surface area contributed by atoms with Gasteiger partial charge in [0.2, 0.25) is 0 Å². The van der Waals surface area contributed by atoms with Crippen molar-refractivity contribution in [3.63, 3.8) is 0 Å². The third-order valence-electron chi connectivity index (χ3n) is 2.73. The molecule has 2 atom stereocenters. The molecule has 2 aliphatic rings. The van der Waals surface area contributed by atoms with Crippen LogP contribution in [0.4, 0.5) is 0 Å². The molecular formula is C8H15N2. The Labute approximate surface area is 62.4 Å². The van der Waals surface area contributed by atoms with Crippen molar-refractivity contribution in [3.05, 3.63) is 0 Å². The lowest BCUT2D eigenvalue weighted by Crippen LogP contribution is -2.24. The van der Waals surface area contributed by atoms with Gasteiger partial charge in [-0.1, -0.05) is 0 Å². The average molecular weight is 139 g/mol. The van der Waals surface area contributed by atoms with Crippen LogP contribution in [0.5, 0.6) is 0 Å². The van der Waals surface area contributed by atoms with Crippen LogP contribution in [0, 0.1) is 11.8 Å². The Bertz CT molecular complexity index is 102. The molecule has 1 radical (unpaired) electrons. The Hall–Kier alpha value is -0.0800. The molecular weight excluding hydrogens is 124 g/mol. The lowest BCUT2D eigenvalue weighted by atomic mass is 9.93. The molecule has 0 bridgehead atoms. The summed E-state index contributed by atoms with van der Waals surface area (Å²) in [5.74, 6) is 1.80. The molecule has 2 unspecified atom stereocenters. The Morgan fingerprint density at radius 1 is 1.20 bits per heavy atom. The Morgan fingerprint density at radius 2 is 2.10 bits per heavy atom. The minimum absolute atomic E-state index is 0.877. The number of hydrogen-bond acceptors (Lipinski definition) is 1. The molecule has 2 fully saturated rings. The van der Waals surface area contributed by atoms with Gasteiger partial charge < -0.3 is 5.32 Å². The van der Waals surface area contributed by atoms with Gasteiger partial charge in [-0.3, -0.25) is 0 Å². The Kier molecular flexibility index (Phi) is 1.91. The van der Waals surface area contributed by atoms with Gasteiger partial charge in [-0.15, -0.1) is 0 Å². The second-order valence-electron chi connectivity index (χ2n) is 3.46. The van der Waals surface area contributed by atoms with E-state index in [1.165, 1.54) is 25.9 Å². The largest absolute Gasteiger partial charge is 0.316 e. The van der Waals surface area contributed by atoms with E-state index in [0.717, 1.165) is 24.9 Å². The van der Waals surface area contributed by atoms with Crippen molar-refractivity contribution < 1.29 is 0 Å². The highest BCUT2D eigenvalue weighted by Crippen LogP contribution is 2.23. The fourth-order valence-electron chi connectivity index (χ4n) is 2.04. The third kappa shape index (κ3) is 1.18. The molecule has 2 heteroatoms. The Balaban J connectivity index is 1.95. The summed E-state index contributed by atoms with van der Waals surface area (Å²) in [6.07, 6.45) is 2.76. The van der Waals surface area contributed by atoms with E-state index in [1.807, 2.05) is 0 Å². The fourth-order valence-corrected chi connectivity index (χ4v) is 2.04. The van der Waals surface area contributed by atoms with Gasteiger partial charge in [-0.25, -0.2) is 5.32 Å². The van der Waals surface area contributed by atoms with Crippen molar-refractivity contribution >= 4 is 0 Å². The molecule has 0 saturated carbocycles. The monoisotopic (exact) mass is 139 g/mol. The van der Waals surface area contributed by atoms with Crippen molar-refractivity contribution in [2.45, 2.75) is 12.8 Å². The molecule has 0 aromatic carbocycles. The molecule has 1 N–H and O–H groups in total. The van der Waals surface area contributed by atoms with Crippen molar-refractivity contribution in [1.82, 2.24) is 10.6 Å². The van der Waals surface area contributed by atoms with E-state index in [-0.39, 0.29) is 0 Å². The van der Waals surface area contributed by atoms with Gasteiger partial charge in [0.1, 0.15) is 0 Å². The summed E-state index contributed by atoms with van der Waals surface area (Å²) < 4.78 is 0. The second-order valence-corrected chi connectivity index (χ2v) is 3.46. The molecule has 2 nitrogen and oxygen atoms in total. The van der Waals surface area contributed by atoms with E-state index < -0.39 is 0 Å². The maximum absolute atomic E-state index is 4.43. The van der Waals surface area contributed by atoms with Crippen LogP contribution in [0.25, 0.3) is 0 Å². The van der Waals surface area contributed by atoms with E-state index in [2.05, 4.69) is 10.6 Å². The SMILES string of the molecule is C1CNCC2C[N]CC2C1. The molecule has 0 amide bonds. The highest BCUT2D eigenvalue weighted by Gasteiger charge is 2.28. The average Bonchev–Trinajstić information content (AvgIpc) is 2.28. The summed E-state index contributed by atoms with van der Waals surface area (Å²) in [7, 11) is 0. The Morgan fingerprint density at radius 3 is 3.10 bits per heavy atom. The molecule has 2 heterocycles. The van der Waals surface area contributed by atoms with Crippen LogP contribution in [-0.2, 0) is 0 Å². The number of fused-ring (bicyclic) bond motifs is 1. The van der Waals surface area contributed by atoms with Crippen molar-refractivity contribution in [2.24, 2.45) is 11.8 Å². The zero-order valence-electron chi connectivity index (χ0n) is 6.34. The smallest absolute Gasteiger partial charge is 0.0177 e. The van der Waals surface area contributed by atoms with Gasteiger partial charge >= 0.3 is 0 Å². The second kappa shape index (κ2) is 2.89. The molecule has 2 rings (SSSR count). The maximum Gasteiger partial charge on any atom is 0.0177 e. The molecule has 10 heavy (non-hydrogen) atoms. The van der Waals surface area contributed by atoms with Crippen LogP contribution in [0.3, 0.4) is 0 Å². The number of nitrogens with one attached hydrogen (secondary N) is 1. The predicted molar refractivity (Wildman–Crippen MR) is 41.0 cm³/mol. The summed E-state index contributed by atoms with van der Waals surface area (Å²) in [4.78, 5) is 0. The van der Waals surface area contributed by atoms with Gasteiger partial charge in [0.05, 0.1) is 0 Å². The van der Waals surface area contributed by atoms with Crippen LogP contribution in [-0.4, -0.2) is 26.2 Å². The summed E-state index contributed by atoms with van der Waals surface area (Å²) in [6, 6.07) is 0. The van der Waals surface area contributed by atoms with Crippen LogP contribution < -0.4 is 10.6 Å². The lowest BCUT2D eigenvalue weighted by Gasteiger charge is -2.12. The van der Waals surface area contributed by atoms with Gasteiger partial charge in [-0.05, 0) is 37.8 Å². The van der Waals surface area contributed by atoms with Crippen LogP contribution >= 0.6 is 0 Å². The van der Waals surface area contributed by atoms with E-state index in [1.54, 1.807) is 0 Å². The van der Waals surface area contributed by atoms with Gasteiger partial charge in [0.25, 0.3) is 0 Å². The summed E-state index contributed by atoms with van der Waals surface area (Å²) in [6.45, 7) is 4.71. The van der Waals surface area contributed by atoms with E-state index in [4.69, 9.17) is 0 Å². The normalized spacial score (nSPS) is 40.8. The fraction of sp³-hybridized carbons (Fsp3) is 1.00. The van der Waals surface area contributed by atoms with E-state index in [0.29, 0.717) is 0 Å². The summed E-state index contributed by atoms with van der Waals surface area (Å²) in [5.41, 5.74) is 0.